The van der Waals surface area contributed by atoms with Crippen molar-refractivity contribution in [2.24, 2.45) is 0 Å². The Balaban J connectivity index is 2.20. The van der Waals surface area contributed by atoms with E-state index in [1.54, 1.807) is 26.8 Å². The second kappa shape index (κ2) is 10.7. The molecule has 2 N–H and O–H groups in total. The third-order valence-electron chi connectivity index (χ3n) is 6.09. The van der Waals surface area contributed by atoms with Gasteiger partial charge in [0, 0.05) is 29.9 Å². The number of nitrogens with one attached hydrogen (secondary N) is 1. The molecule has 0 spiro atoms. The summed E-state index contributed by atoms with van der Waals surface area (Å²) in [6.45, 7) is 5.89. The molecule has 36 heavy (non-hydrogen) atoms. The molecule has 1 fully saturated rings. The van der Waals surface area contributed by atoms with Crippen LogP contribution in [0.2, 0.25) is 0 Å². The highest BCUT2D eigenvalue weighted by molar-refractivity contribution is 6.46. The molecule has 192 valence electrons. The first kappa shape index (κ1) is 26.6. The molecule has 2 aromatic rings. The molecule has 1 atom stereocenters. The summed E-state index contributed by atoms with van der Waals surface area (Å²) in [5.74, 6) is -2.77. The summed E-state index contributed by atoms with van der Waals surface area (Å²) in [6.07, 6.45) is 0.542. The van der Waals surface area contributed by atoms with Crippen LogP contribution in [0.15, 0.2) is 29.8 Å². The largest absolute Gasteiger partial charge is 0.507 e. The van der Waals surface area contributed by atoms with Crippen LogP contribution in [0.5, 0.6) is 0 Å². The number of likely N-dealkylation sites (tertiary alicyclic amines) is 1. The molecule has 1 aromatic heterocycles. The van der Waals surface area contributed by atoms with Gasteiger partial charge in [-0.05, 0) is 59.0 Å². The minimum atomic E-state index is -1.04. The van der Waals surface area contributed by atoms with Crippen LogP contribution in [0.3, 0.4) is 0 Å². The molecule has 11 heteroatoms. The number of H-pyrrole nitrogens is 1. The number of rotatable bonds is 9. The van der Waals surface area contributed by atoms with Crippen molar-refractivity contribution in [2.75, 3.05) is 33.8 Å². The lowest BCUT2D eigenvalue weighted by atomic mass is 9.93. The summed E-state index contributed by atoms with van der Waals surface area (Å²) in [5, 5.41) is 22.8. The molecule has 1 aliphatic rings. The second-order valence-corrected chi connectivity index (χ2v) is 8.85. The van der Waals surface area contributed by atoms with Crippen molar-refractivity contribution in [3.05, 3.63) is 68.0 Å². The van der Waals surface area contributed by atoms with E-state index in [0.717, 1.165) is 0 Å². The Hall–Kier alpha value is -3.99. The van der Waals surface area contributed by atoms with Gasteiger partial charge >= 0.3 is 5.97 Å². The zero-order valence-electron chi connectivity index (χ0n) is 21.0. The molecule has 2 heterocycles. The Bertz CT molecular complexity index is 1250. The van der Waals surface area contributed by atoms with Gasteiger partial charge in [-0.3, -0.25) is 19.7 Å². The number of esters is 1. The van der Waals surface area contributed by atoms with E-state index in [4.69, 9.17) is 4.74 Å². The number of Topliss-reactive ketones (excluding diaryl/α,β-unsaturated/α-hetero) is 1. The van der Waals surface area contributed by atoms with Gasteiger partial charge in [0.2, 0.25) is 0 Å². The minimum absolute atomic E-state index is 0.128. The van der Waals surface area contributed by atoms with Crippen molar-refractivity contribution >= 4 is 29.1 Å². The average Bonchev–Trinajstić information content (AvgIpc) is 3.26. The molecule has 0 radical (unpaired) electrons. The normalized spacial score (nSPS) is 17.2. The van der Waals surface area contributed by atoms with E-state index in [9.17, 15) is 29.6 Å². The van der Waals surface area contributed by atoms with E-state index in [-0.39, 0.29) is 35.7 Å². The van der Waals surface area contributed by atoms with Gasteiger partial charge in [-0.25, -0.2) is 4.79 Å². The van der Waals surface area contributed by atoms with Crippen molar-refractivity contribution in [1.82, 2.24) is 14.8 Å². The lowest BCUT2D eigenvalue weighted by Gasteiger charge is -2.26. The SMILES string of the molecule is CCOC(=O)c1[nH]c(C)c(/C(O)=C2\C(=O)C(=O)N(CCCN(C)C)[C@@H]2c2cccc([N+](=O)[O-])c2)c1C. The Morgan fingerprint density at radius 3 is 2.58 bits per heavy atom. The summed E-state index contributed by atoms with van der Waals surface area (Å²) >= 11 is 0. The van der Waals surface area contributed by atoms with Gasteiger partial charge in [-0.1, -0.05) is 12.1 Å². The number of amides is 1. The number of aromatic nitrogens is 1. The topological polar surface area (TPSA) is 146 Å². The minimum Gasteiger partial charge on any atom is -0.507 e. The molecule has 3 rings (SSSR count). The fourth-order valence-corrected chi connectivity index (χ4v) is 4.47. The van der Waals surface area contributed by atoms with Gasteiger partial charge in [0.25, 0.3) is 17.4 Å². The highest BCUT2D eigenvalue weighted by Crippen LogP contribution is 2.41. The third kappa shape index (κ3) is 5.01. The summed E-state index contributed by atoms with van der Waals surface area (Å²) in [6, 6.07) is 4.62. The van der Waals surface area contributed by atoms with Gasteiger partial charge in [-0.15, -0.1) is 0 Å². The number of nitro groups is 1. The fraction of sp³-hybridized carbons (Fsp3) is 0.400. The van der Waals surface area contributed by atoms with Gasteiger partial charge in [-0.2, -0.15) is 0 Å². The predicted molar refractivity (Wildman–Crippen MR) is 132 cm³/mol. The molecule has 1 saturated heterocycles. The van der Waals surface area contributed by atoms with Crippen LogP contribution in [0.4, 0.5) is 5.69 Å². The van der Waals surface area contributed by atoms with E-state index < -0.39 is 34.4 Å². The number of hydrogen-bond acceptors (Lipinski definition) is 8. The molecule has 0 unspecified atom stereocenters. The third-order valence-corrected chi connectivity index (χ3v) is 6.09. The highest BCUT2D eigenvalue weighted by atomic mass is 16.6. The number of benzene rings is 1. The lowest BCUT2D eigenvalue weighted by Crippen LogP contribution is -2.32. The summed E-state index contributed by atoms with van der Waals surface area (Å²) in [5.41, 5.74) is 1.04. The first-order chi connectivity index (χ1) is 17.0. The number of nitrogens with zero attached hydrogens (tertiary/aromatic N) is 3. The summed E-state index contributed by atoms with van der Waals surface area (Å²) in [7, 11) is 3.76. The standard InChI is InChI=1S/C25H30N4O7/c1-6-36-25(33)20-14(2)18(15(3)26-20)22(30)19-21(16-9-7-10-17(13-16)29(34)35)28(24(32)23(19)31)12-8-11-27(4)5/h7,9-10,13,21,26,30H,6,8,11-12H2,1-5H3/b22-19+/t21-/m1/s1. The Morgan fingerprint density at radius 2 is 1.97 bits per heavy atom. The molecule has 0 saturated carbocycles. The van der Waals surface area contributed by atoms with Gasteiger partial charge in [0.15, 0.2) is 0 Å². The maximum atomic E-state index is 13.2. The number of aryl methyl sites for hydroxylation is 1. The van der Waals surface area contributed by atoms with E-state index in [1.165, 1.54) is 23.1 Å². The number of non-ortho nitro benzene ring substituents is 1. The number of carbonyl (C=O) groups excluding carboxylic acids is 3. The van der Waals surface area contributed by atoms with E-state index in [1.807, 2.05) is 19.0 Å². The number of aromatic amines is 1. The second-order valence-electron chi connectivity index (χ2n) is 8.85. The average molecular weight is 499 g/mol. The van der Waals surface area contributed by atoms with Crippen LogP contribution in [0.25, 0.3) is 5.76 Å². The first-order valence-corrected chi connectivity index (χ1v) is 11.5. The van der Waals surface area contributed by atoms with Gasteiger partial charge in [0.1, 0.15) is 11.5 Å². The Kier molecular flexibility index (Phi) is 7.93. The van der Waals surface area contributed by atoms with Crippen molar-refractivity contribution in [3.63, 3.8) is 0 Å². The van der Waals surface area contributed by atoms with Gasteiger partial charge < -0.3 is 24.6 Å². The summed E-state index contributed by atoms with van der Waals surface area (Å²) in [4.78, 5) is 55.7. The number of aliphatic hydroxyl groups excluding tert-OH is 1. The fourth-order valence-electron chi connectivity index (χ4n) is 4.47. The quantitative estimate of drug-likeness (QED) is 0.134. The molecule has 1 aromatic carbocycles. The number of aliphatic hydroxyl groups is 1. The maximum Gasteiger partial charge on any atom is 0.355 e. The van der Waals surface area contributed by atoms with E-state index in [2.05, 4.69) is 4.98 Å². The smallest absolute Gasteiger partial charge is 0.355 e. The Morgan fingerprint density at radius 1 is 1.28 bits per heavy atom. The van der Waals surface area contributed by atoms with Crippen LogP contribution in [-0.2, 0) is 14.3 Å². The Labute approximate surface area is 208 Å². The van der Waals surface area contributed by atoms with Crippen molar-refractivity contribution in [2.45, 2.75) is 33.2 Å². The van der Waals surface area contributed by atoms with E-state index in [0.29, 0.717) is 29.8 Å². The molecule has 0 bridgehead atoms. The molecule has 11 nitrogen and oxygen atoms in total. The highest BCUT2D eigenvalue weighted by Gasteiger charge is 2.46. The molecule has 1 aliphatic heterocycles. The summed E-state index contributed by atoms with van der Waals surface area (Å²) < 4.78 is 5.06. The number of nitro benzene ring substituents is 1. The van der Waals surface area contributed by atoms with Crippen LogP contribution in [0.1, 0.15) is 52.3 Å². The van der Waals surface area contributed by atoms with Gasteiger partial charge in [0.05, 0.1) is 23.1 Å². The van der Waals surface area contributed by atoms with Crippen molar-refractivity contribution < 1.29 is 29.2 Å². The number of hydrogen-bond donors (Lipinski definition) is 2. The van der Waals surface area contributed by atoms with Crippen molar-refractivity contribution in [3.8, 4) is 0 Å². The number of carbonyl (C=O) groups is 3. The van der Waals surface area contributed by atoms with Crippen LogP contribution >= 0.6 is 0 Å². The van der Waals surface area contributed by atoms with Crippen molar-refractivity contribution in [1.29, 1.82) is 0 Å². The first-order valence-electron chi connectivity index (χ1n) is 11.5. The molecule has 0 aliphatic carbocycles. The molecular weight excluding hydrogens is 468 g/mol. The van der Waals surface area contributed by atoms with Crippen LogP contribution in [0, 0.1) is 24.0 Å². The number of ether oxygens (including phenoxy) is 1. The molecule has 1 amide bonds. The van der Waals surface area contributed by atoms with E-state index >= 15 is 0 Å². The maximum absolute atomic E-state index is 13.2. The van der Waals surface area contributed by atoms with Crippen LogP contribution in [-0.4, -0.2) is 76.3 Å². The monoisotopic (exact) mass is 498 g/mol. The van der Waals surface area contributed by atoms with Crippen LogP contribution < -0.4 is 0 Å². The predicted octanol–water partition coefficient (Wildman–Crippen LogP) is 3.09. The number of ketones is 1. The lowest BCUT2D eigenvalue weighted by molar-refractivity contribution is -0.384. The zero-order valence-corrected chi connectivity index (χ0v) is 21.0. The zero-order chi connectivity index (χ0) is 26.7. The molecular formula is C25H30N4O7.